The van der Waals surface area contributed by atoms with Crippen LogP contribution in [0.15, 0.2) is 36.4 Å². The summed E-state index contributed by atoms with van der Waals surface area (Å²) in [5.41, 5.74) is 1.59. The van der Waals surface area contributed by atoms with Crippen LogP contribution in [0.3, 0.4) is 0 Å². The number of hydrogen-bond donors (Lipinski definition) is 0. The van der Waals surface area contributed by atoms with Crippen molar-refractivity contribution in [3.05, 3.63) is 53.5 Å². The molecule has 1 aromatic heterocycles. The number of anilines is 1. The van der Waals surface area contributed by atoms with Gasteiger partial charge in [0.15, 0.2) is 5.82 Å². The van der Waals surface area contributed by atoms with Crippen molar-refractivity contribution in [3.63, 3.8) is 0 Å². The zero-order valence-electron chi connectivity index (χ0n) is 15.2. The molecule has 3 aliphatic rings. The van der Waals surface area contributed by atoms with Gasteiger partial charge in [-0.15, -0.1) is 5.10 Å². The third kappa shape index (κ3) is 3.29. The van der Waals surface area contributed by atoms with E-state index in [1.54, 1.807) is 18.2 Å². The van der Waals surface area contributed by atoms with Crippen LogP contribution in [0.2, 0.25) is 0 Å². The van der Waals surface area contributed by atoms with Crippen molar-refractivity contribution in [1.82, 2.24) is 15.1 Å². The molecular formula is C21H23FN4O. The molecule has 2 atom stereocenters. The quantitative estimate of drug-likeness (QED) is 0.835. The van der Waals surface area contributed by atoms with Crippen molar-refractivity contribution in [3.8, 4) is 0 Å². The molecule has 5 rings (SSSR count). The zero-order valence-corrected chi connectivity index (χ0v) is 15.2. The van der Waals surface area contributed by atoms with Crippen LogP contribution in [0, 0.1) is 17.7 Å². The summed E-state index contributed by atoms with van der Waals surface area (Å²) in [4.78, 5) is 16.8. The summed E-state index contributed by atoms with van der Waals surface area (Å²) in [6.45, 7) is 3.32. The summed E-state index contributed by atoms with van der Waals surface area (Å²) >= 11 is 0. The van der Waals surface area contributed by atoms with Gasteiger partial charge < -0.3 is 9.80 Å². The fourth-order valence-corrected chi connectivity index (χ4v) is 4.40. The molecule has 0 radical (unpaired) electrons. The number of benzene rings is 1. The van der Waals surface area contributed by atoms with E-state index in [0.29, 0.717) is 23.3 Å². The van der Waals surface area contributed by atoms with Crippen molar-refractivity contribution in [2.75, 3.05) is 31.1 Å². The minimum Gasteiger partial charge on any atom is -0.354 e. The standard InChI is InChI=1S/C21H23FN4O/c22-18-4-2-1-3-15(18)9-21(27)26-12-16-10-25(11-17(16)13-26)20-8-7-19(23-24-20)14-5-6-14/h1-4,7-8,14,16-17H,5-6,9-13H2. The van der Waals surface area contributed by atoms with E-state index in [9.17, 15) is 9.18 Å². The lowest BCUT2D eigenvalue weighted by Gasteiger charge is -2.22. The molecule has 3 fully saturated rings. The Morgan fingerprint density at radius 1 is 1.00 bits per heavy atom. The first-order valence-corrected chi connectivity index (χ1v) is 9.77. The minimum atomic E-state index is -0.301. The van der Waals surface area contributed by atoms with Crippen molar-refractivity contribution in [1.29, 1.82) is 0 Å². The van der Waals surface area contributed by atoms with Crippen LogP contribution in [-0.2, 0) is 11.2 Å². The van der Waals surface area contributed by atoms with Crippen LogP contribution in [0.4, 0.5) is 10.2 Å². The lowest BCUT2D eigenvalue weighted by Crippen LogP contribution is -2.34. The van der Waals surface area contributed by atoms with E-state index in [1.807, 2.05) is 4.90 Å². The Labute approximate surface area is 158 Å². The lowest BCUT2D eigenvalue weighted by atomic mass is 10.0. The van der Waals surface area contributed by atoms with Gasteiger partial charge in [-0.2, -0.15) is 5.10 Å². The number of carbonyl (C=O) groups is 1. The van der Waals surface area contributed by atoms with E-state index in [0.717, 1.165) is 37.7 Å². The number of halogens is 1. The molecule has 6 heteroatoms. The maximum Gasteiger partial charge on any atom is 0.227 e. The molecule has 0 spiro atoms. The number of amides is 1. The van der Waals surface area contributed by atoms with Gasteiger partial charge in [-0.3, -0.25) is 4.79 Å². The van der Waals surface area contributed by atoms with Gasteiger partial charge in [0.2, 0.25) is 5.91 Å². The molecule has 0 N–H and O–H groups in total. The molecule has 2 unspecified atom stereocenters. The Bertz CT molecular complexity index is 838. The number of hydrogen-bond acceptors (Lipinski definition) is 4. The van der Waals surface area contributed by atoms with Crippen LogP contribution >= 0.6 is 0 Å². The maximum absolute atomic E-state index is 13.8. The Morgan fingerprint density at radius 2 is 1.74 bits per heavy atom. The van der Waals surface area contributed by atoms with Crippen LogP contribution in [-0.4, -0.2) is 47.2 Å². The summed E-state index contributed by atoms with van der Waals surface area (Å²) in [6.07, 6.45) is 2.61. The predicted molar refractivity (Wildman–Crippen MR) is 99.9 cm³/mol. The molecule has 3 heterocycles. The fourth-order valence-electron chi connectivity index (χ4n) is 4.40. The average Bonchev–Trinajstić information content (AvgIpc) is 3.33. The maximum atomic E-state index is 13.8. The van der Waals surface area contributed by atoms with Gasteiger partial charge in [-0.1, -0.05) is 18.2 Å². The van der Waals surface area contributed by atoms with E-state index < -0.39 is 0 Å². The molecular weight excluding hydrogens is 343 g/mol. The number of nitrogens with zero attached hydrogens (tertiary/aromatic N) is 4. The van der Waals surface area contributed by atoms with Gasteiger partial charge in [0, 0.05) is 43.9 Å². The Balaban J connectivity index is 1.19. The first kappa shape index (κ1) is 16.7. The summed E-state index contributed by atoms with van der Waals surface area (Å²) in [5.74, 6) is 2.20. The summed E-state index contributed by atoms with van der Waals surface area (Å²) in [7, 11) is 0. The molecule has 1 saturated carbocycles. The summed E-state index contributed by atoms with van der Waals surface area (Å²) in [6, 6.07) is 10.7. The zero-order chi connectivity index (χ0) is 18.4. The first-order chi connectivity index (χ1) is 13.2. The van der Waals surface area contributed by atoms with Gasteiger partial charge in [-0.05, 0) is 36.6 Å². The second-order valence-electron chi connectivity index (χ2n) is 8.08. The van der Waals surface area contributed by atoms with Crippen LogP contribution in [0.5, 0.6) is 0 Å². The highest BCUT2D eigenvalue weighted by atomic mass is 19.1. The molecule has 2 saturated heterocycles. The monoisotopic (exact) mass is 366 g/mol. The second kappa shape index (κ2) is 6.59. The third-order valence-electron chi connectivity index (χ3n) is 6.13. The van der Waals surface area contributed by atoms with Crippen LogP contribution in [0.1, 0.15) is 30.0 Å². The third-order valence-corrected chi connectivity index (χ3v) is 6.13. The molecule has 1 amide bonds. The summed E-state index contributed by atoms with van der Waals surface area (Å²) < 4.78 is 13.8. The van der Waals surface area contributed by atoms with Crippen molar-refractivity contribution >= 4 is 11.7 Å². The van der Waals surface area contributed by atoms with Crippen LogP contribution in [0.25, 0.3) is 0 Å². The van der Waals surface area contributed by atoms with E-state index in [-0.39, 0.29) is 18.1 Å². The molecule has 2 aliphatic heterocycles. The highest BCUT2D eigenvalue weighted by Gasteiger charge is 2.42. The van der Waals surface area contributed by atoms with Gasteiger partial charge in [0.25, 0.3) is 0 Å². The Kier molecular flexibility index (Phi) is 4.06. The highest BCUT2D eigenvalue weighted by molar-refractivity contribution is 5.79. The molecule has 1 aliphatic carbocycles. The summed E-state index contributed by atoms with van der Waals surface area (Å²) in [5, 5.41) is 8.81. The van der Waals surface area contributed by atoms with Gasteiger partial charge in [-0.25, -0.2) is 4.39 Å². The topological polar surface area (TPSA) is 49.3 Å². The Hall–Kier alpha value is -2.50. The number of rotatable bonds is 4. The molecule has 5 nitrogen and oxygen atoms in total. The minimum absolute atomic E-state index is 0.0228. The van der Waals surface area contributed by atoms with Crippen molar-refractivity contribution < 1.29 is 9.18 Å². The largest absolute Gasteiger partial charge is 0.354 e. The molecule has 0 bridgehead atoms. The van der Waals surface area contributed by atoms with E-state index in [4.69, 9.17) is 0 Å². The van der Waals surface area contributed by atoms with Crippen molar-refractivity contribution in [2.24, 2.45) is 11.8 Å². The fraction of sp³-hybridized carbons (Fsp3) is 0.476. The predicted octanol–water partition coefficient (Wildman–Crippen LogP) is 2.63. The van der Waals surface area contributed by atoms with Crippen molar-refractivity contribution in [2.45, 2.75) is 25.2 Å². The number of fused-ring (bicyclic) bond motifs is 1. The number of likely N-dealkylation sites (tertiary alicyclic amines) is 1. The second-order valence-corrected chi connectivity index (χ2v) is 8.08. The molecule has 27 heavy (non-hydrogen) atoms. The smallest absolute Gasteiger partial charge is 0.227 e. The number of aromatic nitrogens is 2. The van der Waals surface area contributed by atoms with Crippen LogP contribution < -0.4 is 4.90 Å². The lowest BCUT2D eigenvalue weighted by molar-refractivity contribution is -0.129. The van der Waals surface area contributed by atoms with Gasteiger partial charge in [0.1, 0.15) is 5.82 Å². The average molecular weight is 366 g/mol. The highest BCUT2D eigenvalue weighted by Crippen LogP contribution is 2.39. The van der Waals surface area contributed by atoms with Gasteiger partial charge in [0.05, 0.1) is 12.1 Å². The van der Waals surface area contributed by atoms with E-state index in [2.05, 4.69) is 27.2 Å². The SMILES string of the molecule is O=C(Cc1ccccc1F)N1CC2CN(c3ccc(C4CC4)nn3)CC2C1. The Morgan fingerprint density at radius 3 is 2.37 bits per heavy atom. The normalized spacial score (nSPS) is 24.3. The molecule has 1 aromatic carbocycles. The molecule has 140 valence electrons. The van der Waals surface area contributed by atoms with E-state index >= 15 is 0 Å². The number of carbonyl (C=O) groups excluding carboxylic acids is 1. The van der Waals surface area contributed by atoms with E-state index in [1.165, 1.54) is 18.9 Å². The van der Waals surface area contributed by atoms with Gasteiger partial charge >= 0.3 is 0 Å². The first-order valence-electron chi connectivity index (χ1n) is 9.77. The molecule has 2 aromatic rings.